The van der Waals surface area contributed by atoms with Gasteiger partial charge < -0.3 is 4.57 Å². The van der Waals surface area contributed by atoms with Crippen LogP contribution in [0.2, 0.25) is 0 Å². The van der Waals surface area contributed by atoms with E-state index in [0.717, 1.165) is 53.7 Å². The predicted molar refractivity (Wildman–Crippen MR) is 117 cm³/mol. The number of aromatic nitrogens is 6. The Balaban J connectivity index is 1.39. The Morgan fingerprint density at radius 1 is 1.07 bits per heavy atom. The SMILES string of the molecule is Cc1cn(-c2ccc(/C=C/c3nc4n(n3)CCC[C@@H]4c3ccccn3)cc2C)cn1. The summed E-state index contributed by atoms with van der Waals surface area (Å²) in [4.78, 5) is 13.7. The maximum Gasteiger partial charge on any atom is 0.174 e. The van der Waals surface area contributed by atoms with E-state index in [9.17, 15) is 0 Å². The number of imidazole rings is 1. The lowest BCUT2D eigenvalue weighted by molar-refractivity contribution is 0.441. The molecule has 6 heteroatoms. The molecule has 4 aromatic rings. The second-order valence-corrected chi connectivity index (χ2v) is 7.80. The van der Waals surface area contributed by atoms with Crippen molar-refractivity contribution in [2.75, 3.05) is 0 Å². The lowest BCUT2D eigenvalue weighted by Gasteiger charge is -2.21. The van der Waals surface area contributed by atoms with Gasteiger partial charge in [0.2, 0.25) is 0 Å². The Morgan fingerprint density at radius 2 is 2.00 bits per heavy atom. The van der Waals surface area contributed by atoms with Gasteiger partial charge in [0.1, 0.15) is 5.82 Å². The summed E-state index contributed by atoms with van der Waals surface area (Å²) in [6, 6.07) is 12.5. The predicted octanol–water partition coefficient (Wildman–Crippen LogP) is 4.57. The van der Waals surface area contributed by atoms with E-state index in [1.54, 1.807) is 0 Å². The van der Waals surface area contributed by atoms with E-state index in [1.807, 2.05) is 48.5 Å². The van der Waals surface area contributed by atoms with E-state index in [1.165, 1.54) is 5.56 Å². The average Bonchev–Trinajstić information content (AvgIpc) is 3.38. The monoisotopic (exact) mass is 396 g/mol. The number of fused-ring (bicyclic) bond motifs is 1. The molecule has 0 amide bonds. The molecule has 0 saturated heterocycles. The molecule has 1 aromatic carbocycles. The van der Waals surface area contributed by atoms with Gasteiger partial charge in [-0.15, -0.1) is 0 Å². The highest BCUT2D eigenvalue weighted by molar-refractivity contribution is 5.68. The number of pyridine rings is 1. The molecule has 1 aliphatic heterocycles. The van der Waals surface area contributed by atoms with E-state index in [4.69, 9.17) is 10.1 Å². The first-order valence-electron chi connectivity index (χ1n) is 10.3. The van der Waals surface area contributed by atoms with E-state index in [-0.39, 0.29) is 5.92 Å². The molecule has 0 fully saturated rings. The minimum Gasteiger partial charge on any atom is -0.306 e. The van der Waals surface area contributed by atoms with Crippen molar-refractivity contribution in [1.29, 1.82) is 0 Å². The van der Waals surface area contributed by atoms with Crippen LogP contribution in [0.25, 0.3) is 17.8 Å². The summed E-state index contributed by atoms with van der Waals surface area (Å²) >= 11 is 0. The van der Waals surface area contributed by atoms with Crippen LogP contribution in [0.1, 0.15) is 52.9 Å². The van der Waals surface area contributed by atoms with Gasteiger partial charge in [0.05, 0.1) is 23.6 Å². The molecular formula is C24H24N6. The molecule has 0 unspecified atom stereocenters. The van der Waals surface area contributed by atoms with Gasteiger partial charge in [0, 0.05) is 24.6 Å². The molecule has 1 atom stereocenters. The molecule has 0 aliphatic carbocycles. The zero-order chi connectivity index (χ0) is 20.5. The molecule has 0 radical (unpaired) electrons. The number of hydrogen-bond donors (Lipinski definition) is 0. The highest BCUT2D eigenvalue weighted by Gasteiger charge is 2.26. The van der Waals surface area contributed by atoms with E-state index in [0.29, 0.717) is 0 Å². The van der Waals surface area contributed by atoms with Crippen molar-refractivity contribution in [3.8, 4) is 5.69 Å². The van der Waals surface area contributed by atoms with Gasteiger partial charge in [0.25, 0.3) is 0 Å². The van der Waals surface area contributed by atoms with Crippen molar-refractivity contribution in [2.45, 2.75) is 39.2 Å². The Hall–Kier alpha value is -3.54. The molecular weight excluding hydrogens is 372 g/mol. The van der Waals surface area contributed by atoms with E-state index >= 15 is 0 Å². The Bertz CT molecular complexity index is 1200. The summed E-state index contributed by atoms with van der Waals surface area (Å²) in [6.07, 6.45) is 12.0. The third kappa shape index (κ3) is 3.56. The van der Waals surface area contributed by atoms with Crippen LogP contribution in [0.5, 0.6) is 0 Å². The van der Waals surface area contributed by atoms with Crippen LogP contribution in [0, 0.1) is 13.8 Å². The molecule has 30 heavy (non-hydrogen) atoms. The highest BCUT2D eigenvalue weighted by Crippen LogP contribution is 2.31. The Kier molecular flexibility index (Phi) is 4.75. The van der Waals surface area contributed by atoms with Crippen LogP contribution in [0.15, 0.2) is 55.1 Å². The Labute approximate surface area is 176 Å². The first kappa shape index (κ1) is 18.5. The summed E-state index contributed by atoms with van der Waals surface area (Å²) < 4.78 is 4.10. The standard InChI is InChI=1S/C24H24N6/c1-17-14-19(8-10-22(17)29-15-18(2)26-16-29)9-11-23-27-24-20(6-5-13-30(24)28-23)21-7-3-4-12-25-21/h3-4,7-12,14-16,20H,5-6,13H2,1-2H3/b11-9+/t20-/m1/s1. The third-order valence-corrected chi connectivity index (χ3v) is 5.57. The summed E-state index contributed by atoms with van der Waals surface area (Å²) in [5, 5.41) is 4.71. The molecule has 1 aliphatic rings. The fourth-order valence-corrected chi connectivity index (χ4v) is 4.10. The molecule has 0 N–H and O–H groups in total. The summed E-state index contributed by atoms with van der Waals surface area (Å²) in [5.74, 6) is 1.98. The van der Waals surface area contributed by atoms with Gasteiger partial charge in [-0.25, -0.2) is 14.6 Å². The molecule has 5 rings (SSSR count). The van der Waals surface area contributed by atoms with Crippen LogP contribution in [-0.4, -0.2) is 29.3 Å². The number of nitrogens with zero attached hydrogens (tertiary/aromatic N) is 6. The fraction of sp³-hybridized carbons (Fsp3) is 0.250. The molecule has 150 valence electrons. The normalized spacial score (nSPS) is 16.1. The largest absolute Gasteiger partial charge is 0.306 e. The van der Waals surface area contributed by atoms with Crippen LogP contribution >= 0.6 is 0 Å². The quantitative estimate of drug-likeness (QED) is 0.507. The first-order valence-corrected chi connectivity index (χ1v) is 10.3. The van der Waals surface area contributed by atoms with Gasteiger partial charge >= 0.3 is 0 Å². The molecule has 0 bridgehead atoms. The van der Waals surface area contributed by atoms with Crippen LogP contribution in [0.4, 0.5) is 0 Å². The van der Waals surface area contributed by atoms with Crippen molar-refractivity contribution in [2.24, 2.45) is 0 Å². The summed E-state index contributed by atoms with van der Waals surface area (Å²) in [5.41, 5.74) is 5.55. The highest BCUT2D eigenvalue weighted by atomic mass is 15.4. The lowest BCUT2D eigenvalue weighted by atomic mass is 9.95. The van der Waals surface area contributed by atoms with Crippen molar-refractivity contribution < 1.29 is 0 Å². The van der Waals surface area contributed by atoms with E-state index in [2.05, 4.69) is 51.8 Å². The van der Waals surface area contributed by atoms with E-state index < -0.39 is 0 Å². The number of rotatable bonds is 4. The molecule has 0 saturated carbocycles. The van der Waals surface area contributed by atoms with Crippen LogP contribution in [-0.2, 0) is 6.54 Å². The zero-order valence-electron chi connectivity index (χ0n) is 17.2. The third-order valence-electron chi connectivity index (χ3n) is 5.57. The summed E-state index contributed by atoms with van der Waals surface area (Å²) in [6.45, 7) is 5.03. The molecule has 6 nitrogen and oxygen atoms in total. The number of benzene rings is 1. The van der Waals surface area contributed by atoms with Gasteiger partial charge in [-0.1, -0.05) is 18.2 Å². The second kappa shape index (κ2) is 7.71. The average molecular weight is 396 g/mol. The topological polar surface area (TPSA) is 61.4 Å². The number of aryl methyl sites for hydroxylation is 3. The minimum atomic E-state index is 0.217. The summed E-state index contributed by atoms with van der Waals surface area (Å²) in [7, 11) is 0. The van der Waals surface area contributed by atoms with Crippen molar-refractivity contribution in [3.05, 3.63) is 89.3 Å². The van der Waals surface area contributed by atoms with Crippen LogP contribution in [0.3, 0.4) is 0 Å². The molecule has 0 spiro atoms. The van der Waals surface area contributed by atoms with Crippen molar-refractivity contribution in [1.82, 2.24) is 29.3 Å². The zero-order valence-corrected chi connectivity index (χ0v) is 17.2. The fourth-order valence-electron chi connectivity index (χ4n) is 4.10. The molecule has 4 heterocycles. The van der Waals surface area contributed by atoms with Crippen molar-refractivity contribution >= 4 is 12.2 Å². The Morgan fingerprint density at radius 3 is 2.77 bits per heavy atom. The van der Waals surface area contributed by atoms with Crippen LogP contribution < -0.4 is 0 Å². The van der Waals surface area contributed by atoms with Crippen molar-refractivity contribution in [3.63, 3.8) is 0 Å². The first-order chi connectivity index (χ1) is 14.7. The van der Waals surface area contributed by atoms with Gasteiger partial charge in [0.15, 0.2) is 5.82 Å². The number of hydrogen-bond acceptors (Lipinski definition) is 4. The van der Waals surface area contributed by atoms with Gasteiger partial charge in [-0.3, -0.25) is 4.98 Å². The second-order valence-electron chi connectivity index (χ2n) is 7.80. The van der Waals surface area contributed by atoms with Gasteiger partial charge in [-0.2, -0.15) is 5.10 Å². The lowest BCUT2D eigenvalue weighted by Crippen LogP contribution is -2.18. The molecule has 3 aromatic heterocycles. The maximum absolute atomic E-state index is 4.83. The smallest absolute Gasteiger partial charge is 0.174 e. The minimum absolute atomic E-state index is 0.217. The maximum atomic E-state index is 4.83. The van der Waals surface area contributed by atoms with Gasteiger partial charge in [-0.05, 0) is 68.2 Å².